The predicted octanol–water partition coefficient (Wildman–Crippen LogP) is 3.15. The first kappa shape index (κ1) is 19.8. The summed E-state index contributed by atoms with van der Waals surface area (Å²) in [7, 11) is 0. The molecule has 142 valence electrons. The lowest BCUT2D eigenvalue weighted by molar-refractivity contribution is 0.0524. The Labute approximate surface area is 150 Å². The zero-order valence-electron chi connectivity index (χ0n) is 15.4. The van der Waals surface area contributed by atoms with Crippen molar-refractivity contribution in [2.24, 2.45) is 0 Å². The average Bonchev–Trinajstić information content (AvgIpc) is 2.62. The lowest BCUT2D eigenvalue weighted by Gasteiger charge is -2.22. The first-order chi connectivity index (χ1) is 12.4. The summed E-state index contributed by atoms with van der Waals surface area (Å²) in [5.41, 5.74) is 1.33. The number of pyridine rings is 1. The number of anilines is 1. The lowest BCUT2D eigenvalue weighted by atomic mass is 10.1. The second-order valence-corrected chi connectivity index (χ2v) is 5.61. The second-order valence-electron chi connectivity index (χ2n) is 5.61. The molecular weight excluding hydrogens is 344 g/mol. The highest BCUT2D eigenvalue weighted by Gasteiger charge is 2.23. The van der Waals surface area contributed by atoms with Gasteiger partial charge in [0.25, 0.3) is 0 Å². The zero-order chi connectivity index (χ0) is 19.4. The molecule has 0 aliphatic rings. The van der Waals surface area contributed by atoms with Crippen molar-refractivity contribution in [1.82, 2.24) is 9.58 Å². The summed E-state index contributed by atoms with van der Waals surface area (Å²) in [6, 6.07) is 0.960. The Morgan fingerprint density at radius 2 is 1.88 bits per heavy atom. The van der Waals surface area contributed by atoms with Gasteiger partial charge in [0, 0.05) is 25.8 Å². The van der Waals surface area contributed by atoms with Crippen LogP contribution >= 0.6 is 0 Å². The van der Waals surface area contributed by atoms with Crippen molar-refractivity contribution in [2.75, 3.05) is 25.1 Å². The van der Waals surface area contributed by atoms with E-state index in [0.717, 1.165) is 6.07 Å². The predicted molar refractivity (Wildman–Crippen MR) is 96.3 cm³/mol. The molecule has 0 atom stereocenters. The number of nitrogens with one attached hydrogen (secondary N) is 1. The third kappa shape index (κ3) is 3.55. The Morgan fingerprint density at radius 1 is 1.23 bits per heavy atom. The molecule has 0 spiro atoms. The van der Waals surface area contributed by atoms with Crippen LogP contribution in [0.4, 0.5) is 14.5 Å². The van der Waals surface area contributed by atoms with E-state index in [0.29, 0.717) is 13.1 Å². The molecule has 0 saturated carbocycles. The number of hydrogen-bond donors (Lipinski definition) is 1. The van der Waals surface area contributed by atoms with Crippen LogP contribution in [0.15, 0.2) is 17.1 Å². The number of esters is 1. The van der Waals surface area contributed by atoms with Gasteiger partial charge >= 0.3 is 5.97 Å². The summed E-state index contributed by atoms with van der Waals surface area (Å²) >= 11 is 0. The number of carbonyl (C=O) groups excluding carboxylic acids is 1. The van der Waals surface area contributed by atoms with E-state index in [1.54, 1.807) is 18.9 Å². The quantitative estimate of drug-likeness (QED) is 0.602. The number of nitrogens with zero attached hydrogens (tertiary/aromatic N) is 2. The third-order valence-electron chi connectivity index (χ3n) is 4.12. The van der Waals surface area contributed by atoms with E-state index in [9.17, 15) is 14.0 Å². The molecule has 6 nitrogen and oxygen atoms in total. The molecule has 0 aliphatic carbocycles. The number of aromatic nitrogens is 1. The summed E-state index contributed by atoms with van der Waals surface area (Å²) in [5, 5.41) is 1.44. The van der Waals surface area contributed by atoms with Crippen LogP contribution in [0.25, 0.3) is 10.9 Å². The Morgan fingerprint density at radius 3 is 2.42 bits per heavy atom. The smallest absolute Gasteiger partial charge is 0.343 e. The van der Waals surface area contributed by atoms with E-state index in [-0.39, 0.29) is 35.3 Å². The van der Waals surface area contributed by atoms with Crippen molar-refractivity contribution < 1.29 is 18.3 Å². The number of rotatable bonds is 7. The minimum atomic E-state index is -0.900. The number of ether oxygens (including phenoxy) is 1. The zero-order valence-corrected chi connectivity index (χ0v) is 15.4. The maximum atomic E-state index is 15.1. The molecule has 0 radical (unpaired) electrons. The monoisotopic (exact) mass is 367 g/mol. The van der Waals surface area contributed by atoms with E-state index in [1.165, 1.54) is 10.8 Å². The second kappa shape index (κ2) is 8.27. The SMILES string of the molecule is CCOC(=O)c1cn(CC)c2c(F)c(NN(CC)CC)c(F)cc2c1=O. The summed E-state index contributed by atoms with van der Waals surface area (Å²) in [6.45, 7) is 8.50. The van der Waals surface area contributed by atoms with Gasteiger partial charge in [0.05, 0.1) is 17.5 Å². The van der Waals surface area contributed by atoms with Crippen LogP contribution in [0.5, 0.6) is 0 Å². The number of carbonyl (C=O) groups is 1. The van der Waals surface area contributed by atoms with E-state index < -0.39 is 23.0 Å². The van der Waals surface area contributed by atoms with Crippen molar-refractivity contribution in [3.8, 4) is 0 Å². The standard InChI is InChI=1S/C18H23F2N3O3/c1-5-22-10-12(18(25)26-8-4)17(24)11-9-13(19)15(14(20)16(11)22)21-23(6-2)7-3/h9-10,21H,5-8H2,1-4H3. The van der Waals surface area contributed by atoms with Crippen LogP contribution in [-0.2, 0) is 11.3 Å². The maximum Gasteiger partial charge on any atom is 0.343 e. The van der Waals surface area contributed by atoms with Crippen molar-refractivity contribution >= 4 is 22.6 Å². The Bertz CT molecular complexity index is 876. The molecule has 0 unspecified atom stereocenters. The van der Waals surface area contributed by atoms with Crippen molar-refractivity contribution in [1.29, 1.82) is 0 Å². The van der Waals surface area contributed by atoms with Crippen molar-refractivity contribution in [3.05, 3.63) is 39.7 Å². The summed E-state index contributed by atoms with van der Waals surface area (Å²) in [6.07, 6.45) is 1.25. The highest BCUT2D eigenvalue weighted by atomic mass is 19.1. The van der Waals surface area contributed by atoms with Gasteiger partial charge in [-0.05, 0) is 19.9 Å². The molecule has 0 bridgehead atoms. The van der Waals surface area contributed by atoms with Gasteiger partial charge in [-0.15, -0.1) is 0 Å². The van der Waals surface area contributed by atoms with Crippen LogP contribution < -0.4 is 10.9 Å². The van der Waals surface area contributed by atoms with Crippen LogP contribution in [0.3, 0.4) is 0 Å². The fourth-order valence-corrected chi connectivity index (χ4v) is 2.73. The molecule has 1 heterocycles. The number of fused-ring (bicyclic) bond motifs is 1. The van der Waals surface area contributed by atoms with Crippen LogP contribution in [0, 0.1) is 11.6 Å². The summed E-state index contributed by atoms with van der Waals surface area (Å²) in [5.74, 6) is -2.59. The van der Waals surface area contributed by atoms with E-state index in [1.807, 2.05) is 13.8 Å². The van der Waals surface area contributed by atoms with Gasteiger partial charge in [-0.3, -0.25) is 4.79 Å². The minimum Gasteiger partial charge on any atom is -0.462 e. The van der Waals surface area contributed by atoms with Crippen molar-refractivity contribution in [3.63, 3.8) is 0 Å². The molecule has 1 N–H and O–H groups in total. The molecular formula is C18H23F2N3O3. The van der Waals surface area contributed by atoms with Gasteiger partial charge < -0.3 is 14.7 Å². The maximum absolute atomic E-state index is 15.1. The topological polar surface area (TPSA) is 63.6 Å². The van der Waals surface area contributed by atoms with Gasteiger partial charge in [-0.1, -0.05) is 13.8 Å². The normalized spacial score (nSPS) is 11.2. The van der Waals surface area contributed by atoms with Crippen LogP contribution in [0.2, 0.25) is 0 Å². The number of hydrogen-bond acceptors (Lipinski definition) is 5. The first-order valence-electron chi connectivity index (χ1n) is 8.63. The average molecular weight is 367 g/mol. The fourth-order valence-electron chi connectivity index (χ4n) is 2.73. The fraction of sp³-hybridized carbons (Fsp3) is 0.444. The van der Waals surface area contributed by atoms with Crippen molar-refractivity contribution in [2.45, 2.75) is 34.2 Å². The van der Waals surface area contributed by atoms with Gasteiger partial charge in [0.1, 0.15) is 11.3 Å². The molecule has 0 fully saturated rings. The summed E-state index contributed by atoms with van der Waals surface area (Å²) < 4.78 is 35.9. The Hall–Kier alpha value is -2.48. The number of benzene rings is 1. The minimum absolute atomic E-state index is 0.0541. The molecule has 0 saturated heterocycles. The molecule has 26 heavy (non-hydrogen) atoms. The van der Waals surface area contributed by atoms with Crippen LogP contribution in [-0.4, -0.2) is 35.2 Å². The molecule has 8 heteroatoms. The first-order valence-corrected chi connectivity index (χ1v) is 8.63. The molecule has 2 rings (SSSR count). The number of halogens is 2. The Kier molecular flexibility index (Phi) is 6.31. The summed E-state index contributed by atoms with van der Waals surface area (Å²) in [4.78, 5) is 24.6. The highest BCUT2D eigenvalue weighted by Crippen LogP contribution is 2.27. The molecule has 0 amide bonds. The lowest BCUT2D eigenvalue weighted by Crippen LogP contribution is -2.30. The van der Waals surface area contributed by atoms with Gasteiger partial charge in [0.15, 0.2) is 11.6 Å². The molecule has 2 aromatic rings. The number of hydrazine groups is 1. The van der Waals surface area contributed by atoms with E-state index in [2.05, 4.69) is 5.43 Å². The number of aryl methyl sites for hydroxylation is 1. The Balaban J connectivity index is 2.76. The largest absolute Gasteiger partial charge is 0.462 e. The molecule has 1 aromatic heterocycles. The molecule has 0 aliphatic heterocycles. The molecule has 1 aromatic carbocycles. The van der Waals surface area contributed by atoms with Crippen LogP contribution in [0.1, 0.15) is 38.1 Å². The highest BCUT2D eigenvalue weighted by molar-refractivity contribution is 5.94. The van der Waals surface area contributed by atoms with E-state index >= 15 is 4.39 Å². The van der Waals surface area contributed by atoms with E-state index in [4.69, 9.17) is 4.74 Å². The third-order valence-corrected chi connectivity index (χ3v) is 4.12. The van der Waals surface area contributed by atoms with Gasteiger partial charge in [-0.2, -0.15) is 0 Å². The van der Waals surface area contributed by atoms with Gasteiger partial charge in [-0.25, -0.2) is 18.6 Å². The van der Waals surface area contributed by atoms with Gasteiger partial charge in [0.2, 0.25) is 5.43 Å².